The number of aliphatic hydroxyl groups excluding tert-OH is 1. The van der Waals surface area contributed by atoms with Crippen LogP contribution in [0.5, 0.6) is 11.5 Å². The number of unbranched alkanes of at least 4 members (excludes halogenated alkanes) is 1. The lowest BCUT2D eigenvalue weighted by molar-refractivity contribution is 0.0849. The smallest absolute Gasteiger partial charge is 0.255 e. The summed E-state index contributed by atoms with van der Waals surface area (Å²) in [6, 6.07) is 9.62. The molecule has 2 aromatic rings. The van der Waals surface area contributed by atoms with Gasteiger partial charge in [0.25, 0.3) is 5.91 Å². The monoisotopic (exact) mass is 462 g/mol. The number of benzene rings is 2. The summed E-state index contributed by atoms with van der Waals surface area (Å²) in [6.45, 7) is 2.54. The SMILES string of the molecule is C[C@H](NC(=O)c1cc(Cl)c(OCCCCN)c(Cl)c1O)C(O)c1ccccc1.Cl. The normalized spacial score (nSPS) is 12.6. The molecule has 0 spiro atoms. The molecule has 0 saturated heterocycles. The highest BCUT2D eigenvalue weighted by molar-refractivity contribution is 6.39. The van der Waals surface area contributed by atoms with Gasteiger partial charge in [-0.05, 0) is 37.9 Å². The van der Waals surface area contributed by atoms with Gasteiger partial charge in [-0.2, -0.15) is 0 Å². The number of halogens is 3. The van der Waals surface area contributed by atoms with Crippen LogP contribution < -0.4 is 15.8 Å². The Bertz CT molecular complexity index is 806. The van der Waals surface area contributed by atoms with Crippen molar-refractivity contribution in [3.8, 4) is 11.5 Å². The molecule has 0 heterocycles. The van der Waals surface area contributed by atoms with Crippen LogP contribution in [-0.4, -0.2) is 35.3 Å². The van der Waals surface area contributed by atoms with Crippen LogP contribution in [0, 0.1) is 0 Å². The average molecular weight is 464 g/mol. The summed E-state index contributed by atoms with van der Waals surface area (Å²) in [5.74, 6) is -0.927. The van der Waals surface area contributed by atoms with Crippen LogP contribution in [0.2, 0.25) is 10.0 Å². The fourth-order valence-corrected chi connectivity index (χ4v) is 3.18. The van der Waals surface area contributed by atoms with E-state index in [1.165, 1.54) is 6.07 Å². The molecular weight excluding hydrogens is 439 g/mol. The Morgan fingerprint density at radius 1 is 1.24 bits per heavy atom. The highest BCUT2D eigenvalue weighted by Crippen LogP contribution is 2.42. The number of rotatable bonds is 9. The Hall–Kier alpha value is -1.70. The van der Waals surface area contributed by atoms with E-state index in [-0.39, 0.29) is 33.8 Å². The van der Waals surface area contributed by atoms with E-state index >= 15 is 0 Å². The number of ether oxygens (including phenoxy) is 1. The molecule has 29 heavy (non-hydrogen) atoms. The summed E-state index contributed by atoms with van der Waals surface area (Å²) in [4.78, 5) is 12.6. The number of carbonyl (C=O) groups is 1. The molecular formula is C20H25Cl3N2O4. The van der Waals surface area contributed by atoms with Crippen molar-refractivity contribution in [2.24, 2.45) is 5.73 Å². The topological polar surface area (TPSA) is 105 Å². The van der Waals surface area contributed by atoms with E-state index in [4.69, 9.17) is 33.7 Å². The molecule has 5 N–H and O–H groups in total. The minimum Gasteiger partial charge on any atom is -0.505 e. The third kappa shape index (κ3) is 6.66. The van der Waals surface area contributed by atoms with Crippen molar-refractivity contribution in [2.45, 2.75) is 31.9 Å². The second-order valence-corrected chi connectivity index (χ2v) is 7.14. The fourth-order valence-electron chi connectivity index (χ4n) is 2.62. The van der Waals surface area contributed by atoms with Gasteiger partial charge in [-0.3, -0.25) is 4.79 Å². The largest absolute Gasteiger partial charge is 0.505 e. The van der Waals surface area contributed by atoms with Crippen molar-refractivity contribution >= 4 is 41.5 Å². The van der Waals surface area contributed by atoms with Gasteiger partial charge in [-0.1, -0.05) is 53.5 Å². The predicted molar refractivity (Wildman–Crippen MR) is 117 cm³/mol. The van der Waals surface area contributed by atoms with Gasteiger partial charge < -0.3 is 26.0 Å². The molecule has 0 aliphatic heterocycles. The number of hydrogen-bond donors (Lipinski definition) is 4. The van der Waals surface area contributed by atoms with E-state index in [2.05, 4.69) is 5.32 Å². The Labute approximate surface area is 186 Å². The van der Waals surface area contributed by atoms with Crippen molar-refractivity contribution in [2.75, 3.05) is 13.2 Å². The van der Waals surface area contributed by atoms with Gasteiger partial charge in [0.1, 0.15) is 5.02 Å². The maximum absolute atomic E-state index is 12.6. The summed E-state index contributed by atoms with van der Waals surface area (Å²) in [6.07, 6.45) is 0.577. The van der Waals surface area contributed by atoms with Crippen molar-refractivity contribution in [3.05, 3.63) is 57.6 Å². The van der Waals surface area contributed by atoms with Gasteiger partial charge in [0.05, 0.1) is 29.3 Å². The molecule has 0 aromatic heterocycles. The number of nitrogens with two attached hydrogens (primary N) is 1. The van der Waals surface area contributed by atoms with Crippen molar-refractivity contribution in [1.82, 2.24) is 5.32 Å². The molecule has 0 aliphatic carbocycles. The molecule has 1 unspecified atom stereocenters. The first-order chi connectivity index (χ1) is 13.4. The number of carbonyl (C=O) groups excluding carboxylic acids is 1. The van der Waals surface area contributed by atoms with Crippen LogP contribution in [-0.2, 0) is 0 Å². The predicted octanol–water partition coefficient (Wildman–Crippen LogP) is 4.09. The summed E-state index contributed by atoms with van der Waals surface area (Å²) in [5, 5.41) is 23.3. The summed E-state index contributed by atoms with van der Waals surface area (Å²) >= 11 is 12.3. The number of phenolic OH excluding ortho intramolecular Hbond substituents is 1. The van der Waals surface area contributed by atoms with Crippen LogP contribution in [0.4, 0.5) is 0 Å². The van der Waals surface area contributed by atoms with Crippen LogP contribution in [0.25, 0.3) is 0 Å². The Morgan fingerprint density at radius 2 is 1.90 bits per heavy atom. The highest BCUT2D eigenvalue weighted by atomic mass is 35.5. The first kappa shape index (κ1) is 25.3. The minimum absolute atomic E-state index is 0. The molecule has 0 aliphatic rings. The highest BCUT2D eigenvalue weighted by Gasteiger charge is 2.24. The first-order valence-corrected chi connectivity index (χ1v) is 9.70. The number of phenols is 1. The van der Waals surface area contributed by atoms with E-state index in [1.54, 1.807) is 31.2 Å². The number of aromatic hydroxyl groups is 1. The fraction of sp³-hybridized carbons (Fsp3) is 0.350. The summed E-state index contributed by atoms with van der Waals surface area (Å²) < 4.78 is 5.51. The standard InChI is InChI=1S/C20H24Cl2N2O4.ClH/c1-12(17(25)13-7-3-2-4-8-13)24-20(27)14-11-15(21)19(16(22)18(14)26)28-10-6-5-9-23;/h2-4,7-8,11-12,17,25-26H,5-6,9-10,23H2,1H3,(H,24,27);1H/t12-,17?;/m0./s1. The van der Waals surface area contributed by atoms with Gasteiger partial charge in [0, 0.05) is 0 Å². The molecule has 160 valence electrons. The first-order valence-electron chi connectivity index (χ1n) is 8.94. The van der Waals surface area contributed by atoms with Crippen molar-refractivity contribution in [3.63, 3.8) is 0 Å². The third-order valence-electron chi connectivity index (χ3n) is 4.21. The Balaban J connectivity index is 0.00000420. The molecule has 1 amide bonds. The lowest BCUT2D eigenvalue weighted by Gasteiger charge is -2.21. The number of aliphatic hydroxyl groups is 1. The quantitative estimate of drug-likeness (QED) is 0.419. The van der Waals surface area contributed by atoms with Gasteiger partial charge in [0.15, 0.2) is 11.5 Å². The van der Waals surface area contributed by atoms with E-state index < -0.39 is 23.8 Å². The second-order valence-electron chi connectivity index (χ2n) is 6.36. The number of hydrogen-bond acceptors (Lipinski definition) is 5. The summed E-state index contributed by atoms with van der Waals surface area (Å²) in [7, 11) is 0. The minimum atomic E-state index is -0.914. The van der Waals surface area contributed by atoms with Crippen LogP contribution >= 0.6 is 35.6 Å². The maximum atomic E-state index is 12.6. The van der Waals surface area contributed by atoms with Gasteiger partial charge in [0.2, 0.25) is 0 Å². The van der Waals surface area contributed by atoms with Crippen LogP contribution in [0.1, 0.15) is 41.8 Å². The molecule has 6 nitrogen and oxygen atoms in total. The molecule has 0 bridgehead atoms. The van der Waals surface area contributed by atoms with Gasteiger partial charge in [-0.15, -0.1) is 12.4 Å². The molecule has 2 aromatic carbocycles. The third-order valence-corrected chi connectivity index (χ3v) is 4.84. The molecule has 9 heteroatoms. The second kappa shape index (κ2) is 12.1. The molecule has 0 fully saturated rings. The van der Waals surface area contributed by atoms with Crippen LogP contribution in [0.15, 0.2) is 36.4 Å². The van der Waals surface area contributed by atoms with E-state index in [1.807, 2.05) is 6.07 Å². The molecule has 0 saturated carbocycles. The lowest BCUT2D eigenvalue weighted by atomic mass is 10.0. The summed E-state index contributed by atoms with van der Waals surface area (Å²) in [5.41, 5.74) is 6.00. The van der Waals surface area contributed by atoms with Gasteiger partial charge in [-0.25, -0.2) is 0 Å². The lowest BCUT2D eigenvalue weighted by Crippen LogP contribution is -2.37. The zero-order chi connectivity index (χ0) is 20.7. The van der Waals surface area contributed by atoms with Crippen molar-refractivity contribution < 1.29 is 19.7 Å². The zero-order valence-corrected chi connectivity index (χ0v) is 18.2. The van der Waals surface area contributed by atoms with E-state index in [9.17, 15) is 15.0 Å². The number of nitrogens with one attached hydrogen (secondary N) is 1. The van der Waals surface area contributed by atoms with E-state index in [0.717, 1.165) is 6.42 Å². The average Bonchev–Trinajstić information content (AvgIpc) is 2.70. The zero-order valence-electron chi connectivity index (χ0n) is 15.9. The number of amides is 1. The Morgan fingerprint density at radius 3 is 2.52 bits per heavy atom. The van der Waals surface area contributed by atoms with Gasteiger partial charge >= 0.3 is 0 Å². The van der Waals surface area contributed by atoms with E-state index in [0.29, 0.717) is 25.1 Å². The van der Waals surface area contributed by atoms with Crippen molar-refractivity contribution in [1.29, 1.82) is 0 Å². The molecule has 2 atom stereocenters. The molecule has 2 rings (SSSR count). The Kier molecular flexibility index (Phi) is 10.6. The van der Waals surface area contributed by atoms with Crippen LogP contribution in [0.3, 0.4) is 0 Å². The maximum Gasteiger partial charge on any atom is 0.255 e. The molecule has 0 radical (unpaired) electrons.